The summed E-state index contributed by atoms with van der Waals surface area (Å²) in [4.78, 5) is 0. The van der Waals surface area contributed by atoms with Crippen molar-refractivity contribution in [2.24, 2.45) is 0 Å². The van der Waals surface area contributed by atoms with Crippen LogP contribution >= 0.6 is 0 Å². The Hall–Kier alpha value is -0.240. The minimum Gasteiger partial charge on any atom is -0.387 e. The fourth-order valence-electron chi connectivity index (χ4n) is 1.88. The Morgan fingerprint density at radius 2 is 1.42 bits per heavy atom. The second-order valence-electron chi connectivity index (χ2n) is 4.74. The zero-order valence-electron chi connectivity index (χ0n) is 11.9. The Labute approximate surface area is 115 Å². The molecule has 0 spiro atoms. The highest BCUT2D eigenvalue weighted by molar-refractivity contribution is 4.83. The van der Waals surface area contributed by atoms with E-state index in [1.807, 2.05) is 0 Å². The first-order valence-corrected chi connectivity index (χ1v) is 6.92. The molecular weight excluding hydrogens is 250 g/mol. The molecule has 0 atom stereocenters. The van der Waals surface area contributed by atoms with Crippen LogP contribution in [0.4, 0.5) is 0 Å². The maximum atomic E-state index is 10.2. The van der Waals surface area contributed by atoms with Crippen molar-refractivity contribution in [3.05, 3.63) is 0 Å². The average molecular weight is 277 g/mol. The number of methoxy groups -OCH3 is 1. The maximum Gasteiger partial charge on any atom is 0.0904 e. The number of hydrogen-bond donors (Lipinski definition) is 2. The van der Waals surface area contributed by atoms with Crippen LogP contribution in [0.3, 0.4) is 0 Å². The highest BCUT2D eigenvalue weighted by atomic mass is 16.6. The fraction of sp³-hybridized carbons (Fsp3) is 1.00. The molecule has 0 bridgehead atoms. The monoisotopic (exact) mass is 277 g/mol. The van der Waals surface area contributed by atoms with Crippen molar-refractivity contribution in [1.29, 1.82) is 0 Å². The molecule has 0 amide bonds. The van der Waals surface area contributed by atoms with Crippen molar-refractivity contribution in [2.45, 2.75) is 18.4 Å². The van der Waals surface area contributed by atoms with E-state index in [2.05, 4.69) is 5.32 Å². The SMILES string of the molecule is COCCOCCOCCOCC1(O)CCNCC1. The summed E-state index contributed by atoms with van der Waals surface area (Å²) in [6, 6.07) is 0. The lowest BCUT2D eigenvalue weighted by Crippen LogP contribution is -2.45. The van der Waals surface area contributed by atoms with Gasteiger partial charge in [0.1, 0.15) is 0 Å². The standard InChI is InChI=1S/C13H27NO5/c1-16-6-7-17-8-9-18-10-11-19-12-13(15)2-4-14-5-3-13/h14-15H,2-12H2,1H3. The Bertz CT molecular complexity index is 209. The molecule has 1 aliphatic heterocycles. The van der Waals surface area contributed by atoms with Gasteiger partial charge in [-0.25, -0.2) is 0 Å². The first-order valence-electron chi connectivity index (χ1n) is 6.92. The smallest absolute Gasteiger partial charge is 0.0904 e. The van der Waals surface area contributed by atoms with E-state index < -0.39 is 5.60 Å². The minimum atomic E-state index is -0.658. The topological polar surface area (TPSA) is 69.2 Å². The van der Waals surface area contributed by atoms with Crippen LogP contribution in [0, 0.1) is 0 Å². The normalized spacial score (nSPS) is 18.6. The molecule has 1 rings (SSSR count). The number of hydrogen-bond acceptors (Lipinski definition) is 6. The number of piperidine rings is 1. The van der Waals surface area contributed by atoms with Gasteiger partial charge in [-0.05, 0) is 25.9 Å². The van der Waals surface area contributed by atoms with Crippen molar-refractivity contribution >= 4 is 0 Å². The van der Waals surface area contributed by atoms with Crippen LogP contribution in [0.25, 0.3) is 0 Å². The third kappa shape index (κ3) is 8.52. The summed E-state index contributed by atoms with van der Waals surface area (Å²) in [6.45, 7) is 5.47. The van der Waals surface area contributed by atoms with Gasteiger partial charge in [-0.2, -0.15) is 0 Å². The van der Waals surface area contributed by atoms with Crippen molar-refractivity contribution in [1.82, 2.24) is 5.32 Å². The van der Waals surface area contributed by atoms with Crippen LogP contribution < -0.4 is 5.32 Å². The third-order valence-corrected chi connectivity index (χ3v) is 3.08. The van der Waals surface area contributed by atoms with Gasteiger partial charge in [0, 0.05) is 7.11 Å². The molecule has 1 heterocycles. The minimum absolute atomic E-state index is 0.391. The van der Waals surface area contributed by atoms with E-state index in [4.69, 9.17) is 18.9 Å². The number of nitrogens with one attached hydrogen (secondary N) is 1. The molecule has 1 saturated heterocycles. The highest BCUT2D eigenvalue weighted by Gasteiger charge is 2.28. The predicted octanol–water partition coefficient (Wildman–Crippen LogP) is -0.203. The van der Waals surface area contributed by atoms with Gasteiger partial charge < -0.3 is 29.4 Å². The van der Waals surface area contributed by atoms with Gasteiger partial charge in [-0.15, -0.1) is 0 Å². The Morgan fingerprint density at radius 1 is 0.895 bits per heavy atom. The van der Waals surface area contributed by atoms with Crippen molar-refractivity contribution in [3.8, 4) is 0 Å². The molecule has 0 aliphatic carbocycles. The van der Waals surface area contributed by atoms with Gasteiger partial charge in [0.05, 0.1) is 51.8 Å². The summed E-state index contributed by atoms with van der Waals surface area (Å²) in [5.41, 5.74) is -0.658. The Morgan fingerprint density at radius 3 is 2.00 bits per heavy atom. The summed E-state index contributed by atoms with van der Waals surface area (Å²) < 4.78 is 20.9. The Kier molecular flexibility index (Phi) is 9.32. The van der Waals surface area contributed by atoms with Crippen molar-refractivity contribution < 1.29 is 24.1 Å². The molecule has 0 aromatic rings. The molecular formula is C13H27NO5. The summed E-state index contributed by atoms with van der Waals surface area (Å²) in [5.74, 6) is 0. The summed E-state index contributed by atoms with van der Waals surface area (Å²) in [6.07, 6.45) is 1.50. The van der Waals surface area contributed by atoms with E-state index in [1.54, 1.807) is 7.11 Å². The van der Waals surface area contributed by atoms with Crippen LogP contribution in [0.1, 0.15) is 12.8 Å². The van der Waals surface area contributed by atoms with Gasteiger partial charge in [0.25, 0.3) is 0 Å². The van der Waals surface area contributed by atoms with Crippen molar-refractivity contribution in [2.75, 3.05) is 66.4 Å². The van der Waals surface area contributed by atoms with E-state index in [0.717, 1.165) is 25.9 Å². The highest BCUT2D eigenvalue weighted by Crippen LogP contribution is 2.17. The van der Waals surface area contributed by atoms with Crippen LogP contribution in [-0.4, -0.2) is 77.2 Å². The van der Waals surface area contributed by atoms with Gasteiger partial charge in [0.2, 0.25) is 0 Å². The molecule has 0 radical (unpaired) electrons. The fourth-order valence-corrected chi connectivity index (χ4v) is 1.88. The summed E-state index contributed by atoms with van der Waals surface area (Å²) in [7, 11) is 1.65. The van der Waals surface area contributed by atoms with E-state index in [0.29, 0.717) is 46.2 Å². The first kappa shape index (κ1) is 16.8. The molecule has 0 saturated carbocycles. The zero-order chi connectivity index (χ0) is 13.8. The lowest BCUT2D eigenvalue weighted by molar-refractivity contribution is -0.0755. The largest absolute Gasteiger partial charge is 0.387 e. The van der Waals surface area contributed by atoms with E-state index in [1.165, 1.54) is 0 Å². The summed E-state index contributed by atoms with van der Waals surface area (Å²) >= 11 is 0. The molecule has 0 aromatic heterocycles. The first-order chi connectivity index (χ1) is 9.27. The van der Waals surface area contributed by atoms with Crippen LogP contribution in [0.5, 0.6) is 0 Å². The molecule has 2 N–H and O–H groups in total. The molecule has 1 aliphatic rings. The van der Waals surface area contributed by atoms with Crippen molar-refractivity contribution in [3.63, 3.8) is 0 Å². The second kappa shape index (κ2) is 10.5. The molecule has 1 fully saturated rings. The molecule has 6 heteroatoms. The molecule has 0 aromatic carbocycles. The predicted molar refractivity (Wildman–Crippen MR) is 71.4 cm³/mol. The maximum absolute atomic E-state index is 10.2. The van der Waals surface area contributed by atoms with Gasteiger partial charge >= 0.3 is 0 Å². The van der Waals surface area contributed by atoms with Crippen LogP contribution in [0.15, 0.2) is 0 Å². The van der Waals surface area contributed by atoms with E-state index in [-0.39, 0.29) is 0 Å². The van der Waals surface area contributed by atoms with Crippen LogP contribution in [0.2, 0.25) is 0 Å². The second-order valence-corrected chi connectivity index (χ2v) is 4.74. The van der Waals surface area contributed by atoms with E-state index >= 15 is 0 Å². The molecule has 19 heavy (non-hydrogen) atoms. The van der Waals surface area contributed by atoms with E-state index in [9.17, 15) is 5.11 Å². The van der Waals surface area contributed by atoms with Crippen LogP contribution in [-0.2, 0) is 18.9 Å². The average Bonchev–Trinajstić information content (AvgIpc) is 2.42. The number of rotatable bonds is 11. The summed E-state index contributed by atoms with van der Waals surface area (Å²) in [5, 5.41) is 13.4. The molecule has 6 nitrogen and oxygen atoms in total. The zero-order valence-corrected chi connectivity index (χ0v) is 11.9. The molecule has 114 valence electrons. The van der Waals surface area contributed by atoms with Gasteiger partial charge in [-0.1, -0.05) is 0 Å². The quantitative estimate of drug-likeness (QED) is 0.510. The van der Waals surface area contributed by atoms with Gasteiger partial charge in [-0.3, -0.25) is 0 Å². The molecule has 0 unspecified atom stereocenters. The number of ether oxygens (including phenoxy) is 4. The number of aliphatic hydroxyl groups is 1. The lowest BCUT2D eigenvalue weighted by Gasteiger charge is -2.32. The third-order valence-electron chi connectivity index (χ3n) is 3.08. The lowest BCUT2D eigenvalue weighted by atomic mass is 9.94. The Balaban J connectivity index is 1.83. The van der Waals surface area contributed by atoms with Gasteiger partial charge in [0.15, 0.2) is 0 Å².